The highest BCUT2D eigenvalue weighted by Crippen LogP contribution is 1.99. The maximum absolute atomic E-state index is 11.5. The second-order valence-corrected chi connectivity index (χ2v) is 3.69. The van der Waals surface area contributed by atoms with Crippen LogP contribution in [0.1, 0.15) is 31.8 Å². The quantitative estimate of drug-likeness (QED) is 0.754. The van der Waals surface area contributed by atoms with Crippen molar-refractivity contribution in [3.8, 4) is 0 Å². The number of nitrogens with zero attached hydrogens (tertiary/aromatic N) is 2. The number of nitrogens with one attached hydrogen (secondary N) is 1. The van der Waals surface area contributed by atoms with Gasteiger partial charge in [0.15, 0.2) is 0 Å². The van der Waals surface area contributed by atoms with Crippen LogP contribution >= 0.6 is 0 Å². The van der Waals surface area contributed by atoms with E-state index in [1.54, 1.807) is 13.1 Å². The Bertz CT molecular complexity index is 369. The molecule has 1 atom stereocenters. The van der Waals surface area contributed by atoms with Crippen LogP contribution in [0.5, 0.6) is 0 Å². The first-order valence-electron chi connectivity index (χ1n) is 5.85. The van der Waals surface area contributed by atoms with Gasteiger partial charge in [-0.25, -0.2) is 9.97 Å². The van der Waals surface area contributed by atoms with Crippen molar-refractivity contribution in [1.82, 2.24) is 15.3 Å². The van der Waals surface area contributed by atoms with Gasteiger partial charge in [-0.05, 0) is 26.3 Å². The standard InChI is InChI=1S/C12H19N3O2/c1-4-11(12(16)17-5-2)14-8-10-6-7-13-9(3)15-10/h6-7,11,14H,4-5,8H2,1-3H3. The molecular formula is C12H19N3O2. The summed E-state index contributed by atoms with van der Waals surface area (Å²) in [6.45, 7) is 6.54. The molecule has 1 unspecified atom stereocenters. The molecule has 0 spiro atoms. The number of ether oxygens (including phenoxy) is 1. The average molecular weight is 237 g/mol. The van der Waals surface area contributed by atoms with Crippen molar-refractivity contribution >= 4 is 5.97 Å². The van der Waals surface area contributed by atoms with Crippen LogP contribution in [0, 0.1) is 6.92 Å². The number of carbonyl (C=O) groups is 1. The molecule has 1 heterocycles. The highest BCUT2D eigenvalue weighted by atomic mass is 16.5. The summed E-state index contributed by atoms with van der Waals surface area (Å²) in [5, 5.41) is 3.13. The lowest BCUT2D eigenvalue weighted by Gasteiger charge is -2.14. The summed E-state index contributed by atoms with van der Waals surface area (Å²) in [5.74, 6) is 0.522. The fourth-order valence-electron chi connectivity index (χ4n) is 1.47. The fourth-order valence-corrected chi connectivity index (χ4v) is 1.47. The molecule has 1 N–H and O–H groups in total. The zero-order valence-electron chi connectivity index (χ0n) is 10.6. The van der Waals surface area contributed by atoms with E-state index in [0.717, 1.165) is 11.5 Å². The van der Waals surface area contributed by atoms with Gasteiger partial charge in [-0.2, -0.15) is 0 Å². The highest BCUT2D eigenvalue weighted by Gasteiger charge is 2.16. The van der Waals surface area contributed by atoms with Gasteiger partial charge in [0.1, 0.15) is 11.9 Å². The van der Waals surface area contributed by atoms with E-state index in [2.05, 4.69) is 15.3 Å². The minimum absolute atomic E-state index is 0.208. The minimum Gasteiger partial charge on any atom is -0.465 e. The van der Waals surface area contributed by atoms with E-state index in [1.165, 1.54) is 0 Å². The van der Waals surface area contributed by atoms with Gasteiger partial charge in [0, 0.05) is 12.7 Å². The molecule has 1 aromatic heterocycles. The summed E-state index contributed by atoms with van der Waals surface area (Å²) in [7, 11) is 0. The predicted molar refractivity (Wildman–Crippen MR) is 64.3 cm³/mol. The summed E-state index contributed by atoms with van der Waals surface area (Å²) in [4.78, 5) is 19.8. The molecule has 0 aromatic carbocycles. The zero-order chi connectivity index (χ0) is 12.7. The van der Waals surface area contributed by atoms with Gasteiger partial charge in [-0.1, -0.05) is 6.92 Å². The third-order valence-corrected chi connectivity index (χ3v) is 2.34. The van der Waals surface area contributed by atoms with E-state index in [1.807, 2.05) is 19.9 Å². The first-order valence-corrected chi connectivity index (χ1v) is 5.85. The van der Waals surface area contributed by atoms with Crippen LogP contribution in [-0.2, 0) is 16.1 Å². The molecule has 0 aliphatic heterocycles. The van der Waals surface area contributed by atoms with Crippen LogP contribution < -0.4 is 5.32 Å². The molecule has 5 nitrogen and oxygen atoms in total. The SMILES string of the molecule is CCOC(=O)C(CC)NCc1ccnc(C)n1. The molecule has 17 heavy (non-hydrogen) atoms. The Labute approximate surface area is 102 Å². The largest absolute Gasteiger partial charge is 0.465 e. The number of aromatic nitrogens is 2. The number of rotatable bonds is 6. The Morgan fingerprint density at radius 1 is 1.53 bits per heavy atom. The van der Waals surface area contributed by atoms with Crippen molar-refractivity contribution in [2.24, 2.45) is 0 Å². The molecule has 0 aliphatic rings. The number of carbonyl (C=O) groups excluding carboxylic acids is 1. The molecule has 0 aliphatic carbocycles. The first-order chi connectivity index (χ1) is 8.17. The van der Waals surface area contributed by atoms with Gasteiger partial charge < -0.3 is 4.74 Å². The number of aryl methyl sites for hydroxylation is 1. The maximum Gasteiger partial charge on any atom is 0.323 e. The summed E-state index contributed by atoms with van der Waals surface area (Å²) in [6, 6.07) is 1.56. The van der Waals surface area contributed by atoms with E-state index in [4.69, 9.17) is 4.74 Å². The van der Waals surface area contributed by atoms with Crippen LogP contribution in [0.3, 0.4) is 0 Å². The molecule has 5 heteroatoms. The second-order valence-electron chi connectivity index (χ2n) is 3.69. The fraction of sp³-hybridized carbons (Fsp3) is 0.583. The smallest absolute Gasteiger partial charge is 0.323 e. The zero-order valence-corrected chi connectivity index (χ0v) is 10.6. The Hall–Kier alpha value is -1.49. The van der Waals surface area contributed by atoms with Crippen LogP contribution in [0.4, 0.5) is 0 Å². The van der Waals surface area contributed by atoms with E-state index < -0.39 is 0 Å². The van der Waals surface area contributed by atoms with Crippen molar-refractivity contribution in [2.45, 2.75) is 39.8 Å². The van der Waals surface area contributed by atoms with Gasteiger partial charge in [0.25, 0.3) is 0 Å². The molecule has 0 fully saturated rings. The Morgan fingerprint density at radius 3 is 2.88 bits per heavy atom. The van der Waals surface area contributed by atoms with E-state index >= 15 is 0 Å². The van der Waals surface area contributed by atoms with E-state index in [-0.39, 0.29) is 12.0 Å². The number of hydrogen-bond acceptors (Lipinski definition) is 5. The lowest BCUT2D eigenvalue weighted by molar-refractivity contribution is -0.145. The summed E-state index contributed by atoms with van der Waals surface area (Å²) in [6.07, 6.45) is 2.41. The Balaban J connectivity index is 2.50. The topological polar surface area (TPSA) is 64.1 Å². The normalized spacial score (nSPS) is 12.2. The van der Waals surface area contributed by atoms with Crippen LogP contribution in [-0.4, -0.2) is 28.6 Å². The molecule has 0 radical (unpaired) electrons. The van der Waals surface area contributed by atoms with Crippen molar-refractivity contribution < 1.29 is 9.53 Å². The second kappa shape index (κ2) is 6.96. The minimum atomic E-state index is -0.273. The molecule has 0 bridgehead atoms. The van der Waals surface area contributed by atoms with Crippen molar-refractivity contribution in [2.75, 3.05) is 6.61 Å². The average Bonchev–Trinajstić information content (AvgIpc) is 2.30. The maximum atomic E-state index is 11.5. The number of esters is 1. The van der Waals surface area contributed by atoms with Gasteiger partial charge in [-0.15, -0.1) is 0 Å². The first kappa shape index (κ1) is 13.6. The number of hydrogen-bond donors (Lipinski definition) is 1. The lowest BCUT2D eigenvalue weighted by atomic mass is 10.2. The van der Waals surface area contributed by atoms with Crippen LogP contribution in [0.2, 0.25) is 0 Å². The third kappa shape index (κ3) is 4.48. The van der Waals surface area contributed by atoms with Crippen molar-refractivity contribution in [3.63, 3.8) is 0 Å². The van der Waals surface area contributed by atoms with Crippen LogP contribution in [0.15, 0.2) is 12.3 Å². The molecule has 0 amide bonds. The van der Waals surface area contributed by atoms with E-state index in [9.17, 15) is 4.79 Å². The molecule has 94 valence electrons. The Kier molecular flexibility index (Phi) is 5.56. The summed E-state index contributed by atoms with van der Waals surface area (Å²) in [5.41, 5.74) is 0.875. The molecule has 0 saturated heterocycles. The predicted octanol–water partition coefficient (Wildman–Crippen LogP) is 1.22. The van der Waals surface area contributed by atoms with E-state index in [0.29, 0.717) is 19.6 Å². The lowest BCUT2D eigenvalue weighted by Crippen LogP contribution is -2.37. The Morgan fingerprint density at radius 2 is 2.29 bits per heavy atom. The summed E-state index contributed by atoms with van der Waals surface area (Å²) >= 11 is 0. The van der Waals surface area contributed by atoms with Crippen LogP contribution in [0.25, 0.3) is 0 Å². The van der Waals surface area contributed by atoms with Gasteiger partial charge in [0.2, 0.25) is 0 Å². The highest BCUT2D eigenvalue weighted by molar-refractivity contribution is 5.75. The third-order valence-electron chi connectivity index (χ3n) is 2.34. The molecule has 1 aromatic rings. The molecular weight excluding hydrogens is 218 g/mol. The van der Waals surface area contributed by atoms with Gasteiger partial charge >= 0.3 is 5.97 Å². The van der Waals surface area contributed by atoms with Crippen molar-refractivity contribution in [1.29, 1.82) is 0 Å². The summed E-state index contributed by atoms with van der Waals surface area (Å²) < 4.78 is 4.97. The van der Waals surface area contributed by atoms with Gasteiger partial charge in [0.05, 0.1) is 12.3 Å². The molecule has 0 saturated carbocycles. The monoisotopic (exact) mass is 237 g/mol. The van der Waals surface area contributed by atoms with Gasteiger partial charge in [-0.3, -0.25) is 10.1 Å². The molecule has 1 rings (SSSR count). The van der Waals surface area contributed by atoms with Crippen molar-refractivity contribution in [3.05, 3.63) is 23.8 Å².